The van der Waals surface area contributed by atoms with Gasteiger partial charge in [0.05, 0.1) is 0 Å². The molecule has 0 N–H and O–H groups in total. The fraction of sp³-hybridized carbons (Fsp3) is 0.700. The van der Waals surface area contributed by atoms with E-state index in [9.17, 15) is 0 Å². The van der Waals surface area contributed by atoms with Crippen LogP contribution in [0.4, 0.5) is 0 Å². The summed E-state index contributed by atoms with van der Waals surface area (Å²) in [6, 6.07) is 0. The Morgan fingerprint density at radius 2 is 1.82 bits per heavy atom. The van der Waals surface area contributed by atoms with Crippen molar-refractivity contribution in [2.45, 2.75) is 40.5 Å². The molecule has 0 unspecified atom stereocenters. The maximum Gasteiger partial charge on any atom is 0.170 e. The molecule has 0 atom stereocenters. The molecule has 0 aromatic rings. The van der Waals surface area contributed by atoms with E-state index in [-0.39, 0.29) is 0 Å². The number of hydrogen-bond acceptors (Lipinski definition) is 0. The van der Waals surface area contributed by atoms with Crippen LogP contribution in [-0.4, -0.2) is 16.8 Å². The molecule has 0 aliphatic heterocycles. The average molecular weight is 154 g/mol. The minimum atomic E-state index is 1.12. The third-order valence-corrected chi connectivity index (χ3v) is 1.74. The molecule has 0 spiro atoms. The summed E-state index contributed by atoms with van der Waals surface area (Å²) in [6.07, 6.45) is 2.50. The zero-order valence-corrected chi connectivity index (χ0v) is 8.28. The first-order valence-corrected chi connectivity index (χ1v) is 4.32. The highest BCUT2D eigenvalue weighted by Gasteiger charge is 2.05. The van der Waals surface area contributed by atoms with E-state index in [1.54, 1.807) is 0 Å². The molecule has 0 amide bonds. The number of hydrogen-bond donors (Lipinski definition) is 0. The van der Waals surface area contributed by atoms with Gasteiger partial charge in [-0.15, -0.1) is 0 Å². The number of rotatable bonds is 4. The SMILES string of the molecule is C=C(C)[N+](CCCC)=C(C)C. The molecular formula is C10H20N+. The highest BCUT2D eigenvalue weighted by atomic mass is 15.0. The van der Waals surface area contributed by atoms with Gasteiger partial charge in [-0.25, -0.2) is 4.58 Å². The molecule has 64 valence electrons. The first-order chi connectivity index (χ1) is 5.09. The zero-order chi connectivity index (χ0) is 8.85. The minimum absolute atomic E-state index is 1.12. The van der Waals surface area contributed by atoms with Gasteiger partial charge in [-0.2, -0.15) is 0 Å². The standard InChI is InChI=1S/C10H20N/c1-6-7-8-11(9(2)3)10(4)5/h2,6-8H2,1,3-5H3/q+1. The van der Waals surface area contributed by atoms with Crippen molar-refractivity contribution in [3.05, 3.63) is 12.3 Å². The van der Waals surface area contributed by atoms with Crippen LogP contribution in [0.1, 0.15) is 40.5 Å². The van der Waals surface area contributed by atoms with Crippen molar-refractivity contribution < 1.29 is 4.58 Å². The minimum Gasteiger partial charge on any atom is -0.205 e. The van der Waals surface area contributed by atoms with Gasteiger partial charge in [-0.05, 0) is 6.58 Å². The van der Waals surface area contributed by atoms with Gasteiger partial charge in [-0.3, -0.25) is 0 Å². The van der Waals surface area contributed by atoms with Crippen LogP contribution < -0.4 is 0 Å². The van der Waals surface area contributed by atoms with Crippen LogP contribution in [-0.2, 0) is 0 Å². The molecule has 0 heterocycles. The maximum absolute atomic E-state index is 3.93. The predicted molar refractivity (Wildman–Crippen MR) is 51.2 cm³/mol. The monoisotopic (exact) mass is 154 g/mol. The third-order valence-electron chi connectivity index (χ3n) is 1.74. The van der Waals surface area contributed by atoms with Crippen LogP contribution in [0.2, 0.25) is 0 Å². The molecule has 0 bridgehead atoms. The molecule has 0 radical (unpaired) electrons. The normalized spacial score (nSPS) is 9.45. The van der Waals surface area contributed by atoms with E-state index in [1.165, 1.54) is 18.6 Å². The largest absolute Gasteiger partial charge is 0.205 e. The van der Waals surface area contributed by atoms with Crippen molar-refractivity contribution in [1.82, 2.24) is 0 Å². The van der Waals surface area contributed by atoms with E-state index in [1.807, 2.05) is 0 Å². The molecule has 11 heavy (non-hydrogen) atoms. The molecule has 0 aromatic heterocycles. The van der Waals surface area contributed by atoms with Gasteiger partial charge in [0.2, 0.25) is 0 Å². The van der Waals surface area contributed by atoms with Crippen LogP contribution in [0.15, 0.2) is 12.3 Å². The molecule has 1 nitrogen and oxygen atoms in total. The molecule has 0 saturated carbocycles. The van der Waals surface area contributed by atoms with Gasteiger partial charge in [-0.1, -0.05) is 13.3 Å². The summed E-state index contributed by atoms with van der Waals surface area (Å²) in [5.41, 5.74) is 2.49. The summed E-state index contributed by atoms with van der Waals surface area (Å²) in [6.45, 7) is 13.6. The van der Waals surface area contributed by atoms with E-state index >= 15 is 0 Å². The molecule has 0 saturated heterocycles. The Labute approximate surface area is 70.4 Å². The van der Waals surface area contributed by atoms with Crippen molar-refractivity contribution in [3.8, 4) is 0 Å². The molecule has 0 rings (SSSR count). The van der Waals surface area contributed by atoms with Crippen molar-refractivity contribution in [1.29, 1.82) is 0 Å². The molecule has 0 aliphatic rings. The average Bonchev–Trinajstić information content (AvgIpc) is 1.87. The lowest BCUT2D eigenvalue weighted by molar-refractivity contribution is -0.477. The van der Waals surface area contributed by atoms with Crippen molar-refractivity contribution >= 4 is 5.71 Å². The highest BCUT2D eigenvalue weighted by molar-refractivity contribution is 5.74. The Bertz CT molecular complexity index is 162. The molecule has 1 heteroatoms. The van der Waals surface area contributed by atoms with Gasteiger partial charge >= 0.3 is 0 Å². The summed E-state index contributed by atoms with van der Waals surface area (Å²) in [7, 11) is 0. The number of unbranched alkanes of at least 4 members (excludes halogenated alkanes) is 1. The molecule has 0 aromatic carbocycles. The van der Waals surface area contributed by atoms with E-state index in [4.69, 9.17) is 0 Å². The van der Waals surface area contributed by atoms with E-state index in [0.717, 1.165) is 12.2 Å². The quantitative estimate of drug-likeness (QED) is 0.432. The van der Waals surface area contributed by atoms with Crippen molar-refractivity contribution in [2.75, 3.05) is 6.54 Å². The fourth-order valence-electron chi connectivity index (χ4n) is 1.11. The lowest BCUT2D eigenvalue weighted by Gasteiger charge is -2.02. The predicted octanol–water partition coefficient (Wildman–Crippen LogP) is 2.81. The lowest BCUT2D eigenvalue weighted by atomic mass is 10.3. The Kier molecular flexibility index (Phi) is 4.84. The third kappa shape index (κ3) is 3.97. The molecular weight excluding hydrogens is 134 g/mol. The second kappa shape index (κ2) is 5.11. The van der Waals surface area contributed by atoms with E-state index in [0.29, 0.717) is 0 Å². The number of allylic oxidation sites excluding steroid dienone is 1. The van der Waals surface area contributed by atoms with Crippen LogP contribution in [0.3, 0.4) is 0 Å². The van der Waals surface area contributed by atoms with Crippen LogP contribution in [0.25, 0.3) is 0 Å². The summed E-state index contributed by atoms with van der Waals surface area (Å²) < 4.78 is 2.27. The fourth-order valence-corrected chi connectivity index (χ4v) is 1.11. The smallest absolute Gasteiger partial charge is 0.170 e. The molecule has 0 fully saturated rings. The summed E-state index contributed by atoms with van der Waals surface area (Å²) in [5.74, 6) is 0. The van der Waals surface area contributed by atoms with Crippen molar-refractivity contribution in [3.63, 3.8) is 0 Å². The second-order valence-corrected chi connectivity index (χ2v) is 3.19. The maximum atomic E-state index is 3.93. The Balaban J connectivity index is 4.14. The summed E-state index contributed by atoms with van der Waals surface area (Å²) >= 11 is 0. The summed E-state index contributed by atoms with van der Waals surface area (Å²) in [4.78, 5) is 0. The van der Waals surface area contributed by atoms with Gasteiger partial charge in [0.1, 0.15) is 6.54 Å². The van der Waals surface area contributed by atoms with Gasteiger partial charge in [0.15, 0.2) is 11.4 Å². The number of nitrogens with zero attached hydrogens (tertiary/aromatic N) is 1. The van der Waals surface area contributed by atoms with Crippen molar-refractivity contribution in [2.24, 2.45) is 0 Å². The Morgan fingerprint density at radius 3 is 2.09 bits per heavy atom. The summed E-state index contributed by atoms with van der Waals surface area (Å²) in [5, 5.41) is 0. The zero-order valence-electron chi connectivity index (χ0n) is 8.28. The Hall–Kier alpha value is -0.590. The van der Waals surface area contributed by atoms with Gasteiger partial charge in [0, 0.05) is 27.2 Å². The Morgan fingerprint density at radius 1 is 1.27 bits per heavy atom. The van der Waals surface area contributed by atoms with Crippen LogP contribution in [0, 0.1) is 0 Å². The van der Waals surface area contributed by atoms with E-state index in [2.05, 4.69) is 38.8 Å². The second-order valence-electron chi connectivity index (χ2n) is 3.19. The first-order valence-electron chi connectivity index (χ1n) is 4.32. The topological polar surface area (TPSA) is 3.01 Å². The first kappa shape index (κ1) is 10.4. The molecule has 0 aliphatic carbocycles. The lowest BCUT2D eigenvalue weighted by Crippen LogP contribution is -2.16. The van der Waals surface area contributed by atoms with Crippen LogP contribution >= 0.6 is 0 Å². The highest BCUT2D eigenvalue weighted by Crippen LogP contribution is 1.97. The van der Waals surface area contributed by atoms with Crippen LogP contribution in [0.5, 0.6) is 0 Å². The van der Waals surface area contributed by atoms with E-state index < -0.39 is 0 Å². The van der Waals surface area contributed by atoms with Gasteiger partial charge < -0.3 is 0 Å². The van der Waals surface area contributed by atoms with Gasteiger partial charge in [0.25, 0.3) is 0 Å².